The molecule has 31 heavy (non-hydrogen) atoms. The van der Waals surface area contributed by atoms with E-state index < -0.39 is 5.91 Å². The number of nitrogens with one attached hydrogen (secondary N) is 1. The second-order valence-corrected chi connectivity index (χ2v) is 7.60. The second kappa shape index (κ2) is 10.1. The van der Waals surface area contributed by atoms with Gasteiger partial charge >= 0.3 is 0 Å². The van der Waals surface area contributed by atoms with Gasteiger partial charge in [0.1, 0.15) is 5.82 Å². The Morgan fingerprint density at radius 1 is 1.19 bits per heavy atom. The predicted octanol–water partition coefficient (Wildman–Crippen LogP) is 2.17. The van der Waals surface area contributed by atoms with Gasteiger partial charge in [0.2, 0.25) is 11.8 Å². The second-order valence-electron chi connectivity index (χ2n) is 7.60. The zero-order chi connectivity index (χ0) is 22.4. The van der Waals surface area contributed by atoms with Crippen molar-refractivity contribution in [1.29, 1.82) is 0 Å². The first-order chi connectivity index (χ1) is 14.8. The Hall–Kier alpha value is -3.36. The van der Waals surface area contributed by atoms with E-state index in [-0.39, 0.29) is 43.1 Å². The summed E-state index contributed by atoms with van der Waals surface area (Å²) in [4.78, 5) is 46.7. The van der Waals surface area contributed by atoms with Crippen LogP contribution in [0.25, 0.3) is 0 Å². The lowest BCUT2D eigenvalue weighted by Gasteiger charge is -2.35. The van der Waals surface area contributed by atoms with Crippen LogP contribution in [-0.2, 0) is 16.1 Å². The summed E-state index contributed by atoms with van der Waals surface area (Å²) in [6, 6.07) is 5.60. The minimum absolute atomic E-state index is 0.00903. The highest BCUT2D eigenvalue weighted by Gasteiger charge is 2.30. The maximum absolute atomic E-state index is 13.0. The maximum atomic E-state index is 13.0. The van der Waals surface area contributed by atoms with Crippen LogP contribution in [0.15, 0.2) is 30.5 Å². The van der Waals surface area contributed by atoms with E-state index >= 15 is 0 Å². The highest BCUT2D eigenvalue weighted by Crippen LogP contribution is 2.30. The van der Waals surface area contributed by atoms with Crippen molar-refractivity contribution >= 4 is 17.7 Å². The lowest BCUT2D eigenvalue weighted by Crippen LogP contribution is -2.39. The number of piperidine rings is 1. The quantitative estimate of drug-likeness (QED) is 0.702. The van der Waals surface area contributed by atoms with E-state index in [1.165, 1.54) is 18.3 Å². The first kappa shape index (κ1) is 22.3. The zero-order valence-corrected chi connectivity index (χ0v) is 17.4. The van der Waals surface area contributed by atoms with E-state index in [4.69, 9.17) is 5.73 Å². The molecule has 3 amide bonds. The van der Waals surface area contributed by atoms with Crippen LogP contribution in [0.2, 0.25) is 0 Å². The van der Waals surface area contributed by atoms with Crippen molar-refractivity contribution in [1.82, 2.24) is 20.2 Å². The smallest absolute Gasteiger partial charge is 0.254 e. The van der Waals surface area contributed by atoms with Gasteiger partial charge in [-0.1, -0.05) is 12.1 Å². The lowest BCUT2D eigenvalue weighted by atomic mass is 10.00. The summed E-state index contributed by atoms with van der Waals surface area (Å²) in [6.07, 6.45) is 4.08. The molecule has 0 bridgehead atoms. The fourth-order valence-electron chi connectivity index (χ4n) is 3.62. The Kier molecular flexibility index (Phi) is 7.28. The highest BCUT2D eigenvalue weighted by molar-refractivity contribution is 5.94. The van der Waals surface area contributed by atoms with Gasteiger partial charge in [-0.15, -0.1) is 0 Å². The Balaban J connectivity index is 1.69. The molecular formula is C22H26FN5O3. The summed E-state index contributed by atoms with van der Waals surface area (Å²) in [5, 5.41) is 2.78. The van der Waals surface area contributed by atoms with Gasteiger partial charge in [-0.05, 0) is 43.9 Å². The third-order valence-corrected chi connectivity index (χ3v) is 5.32. The Morgan fingerprint density at radius 2 is 1.94 bits per heavy atom. The molecule has 0 saturated carbocycles. The predicted molar refractivity (Wildman–Crippen MR) is 111 cm³/mol. The molecule has 164 valence electrons. The molecule has 0 aliphatic carbocycles. The van der Waals surface area contributed by atoms with Crippen LogP contribution in [0.3, 0.4) is 0 Å². The van der Waals surface area contributed by atoms with Crippen molar-refractivity contribution in [2.75, 3.05) is 6.54 Å². The number of carbonyl (C=O) groups excluding carboxylic acids is 3. The van der Waals surface area contributed by atoms with E-state index in [0.29, 0.717) is 23.6 Å². The molecule has 2 aromatic rings. The topological polar surface area (TPSA) is 118 Å². The fraction of sp³-hybridized carbons (Fsp3) is 0.409. The summed E-state index contributed by atoms with van der Waals surface area (Å²) in [5.41, 5.74) is 6.79. The van der Waals surface area contributed by atoms with Gasteiger partial charge in [-0.2, -0.15) is 0 Å². The van der Waals surface area contributed by atoms with E-state index in [9.17, 15) is 18.8 Å². The van der Waals surface area contributed by atoms with Crippen LogP contribution < -0.4 is 11.1 Å². The van der Waals surface area contributed by atoms with E-state index in [0.717, 1.165) is 24.8 Å². The molecule has 1 aromatic heterocycles. The van der Waals surface area contributed by atoms with Crippen molar-refractivity contribution in [2.24, 2.45) is 5.73 Å². The number of amides is 3. The van der Waals surface area contributed by atoms with Crippen LogP contribution in [0.1, 0.15) is 65.6 Å². The number of hydrogen-bond acceptors (Lipinski definition) is 5. The maximum Gasteiger partial charge on any atom is 0.254 e. The largest absolute Gasteiger partial charge is 0.370 e. The molecular weight excluding hydrogens is 401 g/mol. The van der Waals surface area contributed by atoms with Crippen LogP contribution in [0.5, 0.6) is 0 Å². The van der Waals surface area contributed by atoms with Gasteiger partial charge in [0.15, 0.2) is 5.82 Å². The van der Waals surface area contributed by atoms with Crippen molar-refractivity contribution in [2.45, 2.75) is 51.6 Å². The molecule has 9 heteroatoms. The van der Waals surface area contributed by atoms with Crippen LogP contribution in [0.4, 0.5) is 4.39 Å². The van der Waals surface area contributed by atoms with Crippen molar-refractivity contribution in [3.63, 3.8) is 0 Å². The third-order valence-electron chi connectivity index (χ3n) is 5.32. The normalized spacial score (nSPS) is 16.1. The number of nitrogens with zero attached hydrogens (tertiary/aromatic N) is 3. The Morgan fingerprint density at radius 3 is 2.61 bits per heavy atom. The number of nitrogens with two attached hydrogens (primary N) is 1. The molecule has 0 radical (unpaired) electrons. The molecule has 1 atom stereocenters. The number of hydrogen-bond donors (Lipinski definition) is 2. The molecule has 0 spiro atoms. The highest BCUT2D eigenvalue weighted by atomic mass is 19.1. The average molecular weight is 427 g/mol. The van der Waals surface area contributed by atoms with Gasteiger partial charge < -0.3 is 16.0 Å². The number of aryl methyl sites for hydroxylation is 1. The third kappa shape index (κ3) is 5.84. The first-order valence-electron chi connectivity index (χ1n) is 10.3. The molecule has 2 heterocycles. The van der Waals surface area contributed by atoms with Gasteiger partial charge in [0, 0.05) is 32.1 Å². The molecule has 1 unspecified atom stereocenters. The SMILES string of the molecule is Cc1nc(C2CCCCN2C(=O)CCC(N)=O)ncc1C(=O)NCc1ccc(F)cc1. The summed E-state index contributed by atoms with van der Waals surface area (Å²) >= 11 is 0. The number of carbonyl (C=O) groups is 3. The van der Waals surface area contributed by atoms with Crippen molar-refractivity contribution < 1.29 is 18.8 Å². The van der Waals surface area contributed by atoms with Gasteiger partial charge in [-0.3, -0.25) is 14.4 Å². The van der Waals surface area contributed by atoms with Gasteiger partial charge in [-0.25, -0.2) is 14.4 Å². The van der Waals surface area contributed by atoms with Gasteiger partial charge in [0.25, 0.3) is 5.91 Å². The number of halogens is 1. The van der Waals surface area contributed by atoms with Crippen LogP contribution in [-0.4, -0.2) is 39.1 Å². The number of primary amides is 1. The lowest BCUT2D eigenvalue weighted by molar-refractivity contribution is -0.136. The first-order valence-corrected chi connectivity index (χ1v) is 10.3. The minimum Gasteiger partial charge on any atom is -0.370 e. The Labute approximate surface area is 180 Å². The molecule has 1 saturated heterocycles. The molecule has 3 rings (SSSR count). The standard InChI is InChI=1S/C22H26FN5O3/c1-14-17(22(31)26-12-15-5-7-16(23)8-6-15)13-25-21(27-14)18-4-2-3-11-28(18)20(30)10-9-19(24)29/h5-8,13,18H,2-4,9-12H2,1H3,(H2,24,29)(H,26,31). The van der Waals surface area contributed by atoms with E-state index in [1.807, 2.05) is 0 Å². The fourth-order valence-corrected chi connectivity index (χ4v) is 3.62. The number of likely N-dealkylation sites (tertiary alicyclic amines) is 1. The molecule has 3 N–H and O–H groups in total. The molecule has 1 aromatic carbocycles. The molecule has 8 nitrogen and oxygen atoms in total. The summed E-state index contributed by atoms with van der Waals surface area (Å²) < 4.78 is 13.0. The Bertz CT molecular complexity index is 964. The zero-order valence-electron chi connectivity index (χ0n) is 17.4. The minimum atomic E-state index is -0.509. The summed E-state index contributed by atoms with van der Waals surface area (Å²) in [5.74, 6) is -0.832. The molecule has 1 fully saturated rings. The van der Waals surface area contributed by atoms with Gasteiger partial charge in [0.05, 0.1) is 17.3 Å². The number of rotatable bonds is 7. The monoisotopic (exact) mass is 427 g/mol. The van der Waals surface area contributed by atoms with Crippen molar-refractivity contribution in [3.8, 4) is 0 Å². The van der Waals surface area contributed by atoms with E-state index in [1.54, 1.807) is 24.0 Å². The number of aromatic nitrogens is 2. The van der Waals surface area contributed by atoms with Crippen molar-refractivity contribution in [3.05, 3.63) is 58.9 Å². The van der Waals surface area contributed by atoms with Crippen LogP contribution >= 0.6 is 0 Å². The summed E-state index contributed by atoms with van der Waals surface area (Å²) in [6.45, 7) is 2.55. The van der Waals surface area contributed by atoms with E-state index in [2.05, 4.69) is 15.3 Å². The average Bonchev–Trinajstić information content (AvgIpc) is 2.76. The molecule has 1 aliphatic heterocycles. The van der Waals surface area contributed by atoms with Crippen LogP contribution in [0, 0.1) is 12.7 Å². The summed E-state index contributed by atoms with van der Waals surface area (Å²) in [7, 11) is 0. The molecule has 1 aliphatic rings. The number of benzene rings is 1.